The molecule has 1 saturated heterocycles. The summed E-state index contributed by atoms with van der Waals surface area (Å²) in [4.78, 5) is 52.6. The van der Waals surface area contributed by atoms with E-state index < -0.39 is 23.9 Å². The first kappa shape index (κ1) is 33.7. The summed E-state index contributed by atoms with van der Waals surface area (Å²) in [6, 6.07) is 0. The maximum absolute atomic E-state index is 11.2. The molecule has 0 bridgehead atoms. The van der Waals surface area contributed by atoms with Gasteiger partial charge in [0.25, 0.3) is 0 Å². The van der Waals surface area contributed by atoms with Gasteiger partial charge in [0.05, 0.1) is 52.1 Å². The zero-order valence-electron chi connectivity index (χ0n) is 22.2. The van der Waals surface area contributed by atoms with Crippen molar-refractivity contribution in [1.29, 1.82) is 0 Å². The van der Waals surface area contributed by atoms with Gasteiger partial charge in [-0.25, -0.2) is 0 Å². The first-order valence-corrected chi connectivity index (χ1v) is 13.1. The van der Waals surface area contributed by atoms with Crippen LogP contribution in [0.4, 0.5) is 0 Å². The van der Waals surface area contributed by atoms with Gasteiger partial charge in [0.15, 0.2) is 0 Å². The van der Waals surface area contributed by atoms with Gasteiger partial charge >= 0.3 is 23.9 Å². The third kappa shape index (κ3) is 18.8. The van der Waals surface area contributed by atoms with Gasteiger partial charge in [0.2, 0.25) is 0 Å². The van der Waals surface area contributed by atoms with E-state index >= 15 is 0 Å². The second-order valence-corrected chi connectivity index (χ2v) is 9.17. The van der Waals surface area contributed by atoms with Crippen molar-refractivity contribution in [2.75, 3.05) is 105 Å². The molecule has 0 radical (unpaired) electrons. The van der Waals surface area contributed by atoms with E-state index in [1.807, 2.05) is 19.6 Å². The molecule has 0 unspecified atom stereocenters. The van der Waals surface area contributed by atoms with Crippen LogP contribution in [0.2, 0.25) is 0 Å². The lowest BCUT2D eigenvalue weighted by molar-refractivity contribution is -0.138. The highest BCUT2D eigenvalue weighted by molar-refractivity contribution is 5.67. The molecule has 14 heteroatoms. The molecule has 14 nitrogen and oxygen atoms in total. The van der Waals surface area contributed by atoms with Crippen LogP contribution in [-0.2, 0) is 28.7 Å². The van der Waals surface area contributed by atoms with E-state index in [4.69, 9.17) is 19.7 Å². The largest absolute Gasteiger partial charge is 0.481 e. The van der Waals surface area contributed by atoms with Crippen molar-refractivity contribution in [3.05, 3.63) is 0 Å². The minimum absolute atomic E-state index is 0.0143. The summed E-state index contributed by atoms with van der Waals surface area (Å²) in [6.45, 7) is 7.02. The SMILES string of the molecule is O=C(O)CCN1CCOCCOCCN(CCC(=O)O)CCN(CCC(=O)O)CCN(CCC(=O)O)CC1. The molecule has 0 aliphatic carbocycles. The van der Waals surface area contributed by atoms with Crippen molar-refractivity contribution in [2.45, 2.75) is 25.7 Å². The zero-order valence-corrected chi connectivity index (χ0v) is 22.2. The summed E-state index contributed by atoms with van der Waals surface area (Å²) >= 11 is 0. The first-order chi connectivity index (χ1) is 18.2. The number of hydrogen-bond donors (Lipinski definition) is 4. The average molecular weight is 549 g/mol. The molecule has 0 aromatic carbocycles. The predicted octanol–water partition coefficient (Wildman–Crippen LogP) is -0.860. The third-order valence-corrected chi connectivity index (χ3v) is 6.24. The summed E-state index contributed by atoms with van der Waals surface area (Å²) in [7, 11) is 0. The number of carbonyl (C=O) groups is 4. The highest BCUT2D eigenvalue weighted by Crippen LogP contribution is 2.02. The van der Waals surface area contributed by atoms with Gasteiger partial charge in [0.1, 0.15) is 0 Å². The Morgan fingerprint density at radius 3 is 0.895 bits per heavy atom. The number of rotatable bonds is 12. The summed E-state index contributed by atoms with van der Waals surface area (Å²) in [5, 5.41) is 36.6. The van der Waals surface area contributed by atoms with E-state index in [0.29, 0.717) is 105 Å². The van der Waals surface area contributed by atoms with E-state index in [0.717, 1.165) is 0 Å². The maximum atomic E-state index is 11.2. The fraction of sp³-hybridized carbons (Fsp3) is 0.833. The number of nitrogens with zero attached hydrogens (tertiary/aromatic N) is 4. The zero-order chi connectivity index (χ0) is 28.2. The highest BCUT2D eigenvalue weighted by Gasteiger charge is 2.16. The molecule has 38 heavy (non-hydrogen) atoms. The normalized spacial score (nSPS) is 19.4. The molecule has 1 heterocycles. The van der Waals surface area contributed by atoms with Gasteiger partial charge < -0.3 is 39.7 Å². The number of aliphatic carboxylic acids is 4. The highest BCUT2D eigenvalue weighted by atomic mass is 16.5. The molecular weight excluding hydrogens is 504 g/mol. The number of hydrogen-bond acceptors (Lipinski definition) is 10. The molecule has 0 atom stereocenters. The molecule has 0 aromatic rings. The standard InChI is InChI=1S/C24H44N4O10/c29-21(30)1-5-25-9-10-26(6-2-22(31)32)12-14-28(8-4-24(35)36)16-18-38-20-19-37-17-15-27(13-11-25)7-3-23(33)34/h1-20H2,(H,29,30)(H,31,32)(H,33,34)(H,35,36). The van der Waals surface area contributed by atoms with Gasteiger partial charge in [0, 0.05) is 78.5 Å². The lowest BCUT2D eigenvalue weighted by atomic mass is 10.3. The monoisotopic (exact) mass is 548 g/mol. The number of ether oxygens (including phenoxy) is 2. The smallest absolute Gasteiger partial charge is 0.304 e. The molecule has 1 aliphatic heterocycles. The van der Waals surface area contributed by atoms with Gasteiger partial charge in [-0.3, -0.25) is 29.0 Å². The Labute approximate surface area is 223 Å². The van der Waals surface area contributed by atoms with Gasteiger partial charge in [-0.1, -0.05) is 0 Å². The van der Waals surface area contributed by atoms with Crippen LogP contribution in [0, 0.1) is 0 Å². The fourth-order valence-corrected chi connectivity index (χ4v) is 3.91. The van der Waals surface area contributed by atoms with E-state index in [-0.39, 0.29) is 25.7 Å². The molecule has 1 fully saturated rings. The van der Waals surface area contributed by atoms with Gasteiger partial charge in [-0.2, -0.15) is 0 Å². The molecule has 0 aromatic heterocycles. The fourth-order valence-electron chi connectivity index (χ4n) is 3.91. The second kappa shape index (κ2) is 20.6. The average Bonchev–Trinajstić information content (AvgIpc) is 2.85. The summed E-state index contributed by atoms with van der Waals surface area (Å²) < 4.78 is 11.3. The minimum Gasteiger partial charge on any atom is -0.481 e. The molecule has 1 aliphatic rings. The molecule has 1 rings (SSSR count). The van der Waals surface area contributed by atoms with E-state index in [1.54, 1.807) is 0 Å². The van der Waals surface area contributed by atoms with Crippen LogP contribution in [0.1, 0.15) is 25.7 Å². The molecule has 0 amide bonds. The Bertz CT molecular complexity index is 654. The van der Waals surface area contributed by atoms with Crippen molar-refractivity contribution in [3.63, 3.8) is 0 Å². The lowest BCUT2D eigenvalue weighted by Crippen LogP contribution is -2.44. The lowest BCUT2D eigenvalue weighted by Gasteiger charge is -2.31. The van der Waals surface area contributed by atoms with E-state index in [1.165, 1.54) is 0 Å². The van der Waals surface area contributed by atoms with Gasteiger partial charge in [-0.15, -0.1) is 0 Å². The Morgan fingerprint density at radius 2 is 0.658 bits per heavy atom. The molecular formula is C24H44N4O10. The molecule has 0 saturated carbocycles. The Balaban J connectivity index is 2.93. The van der Waals surface area contributed by atoms with Crippen molar-refractivity contribution in [3.8, 4) is 0 Å². The Kier molecular flexibility index (Phi) is 18.2. The Morgan fingerprint density at radius 1 is 0.421 bits per heavy atom. The van der Waals surface area contributed by atoms with Crippen LogP contribution in [0.25, 0.3) is 0 Å². The molecule has 4 N–H and O–H groups in total. The van der Waals surface area contributed by atoms with Crippen LogP contribution in [0.5, 0.6) is 0 Å². The summed E-state index contributed by atoms with van der Waals surface area (Å²) in [6.07, 6.45) is -0.119. The third-order valence-electron chi connectivity index (χ3n) is 6.24. The number of carboxylic acids is 4. The van der Waals surface area contributed by atoms with Crippen LogP contribution in [-0.4, -0.2) is 169 Å². The van der Waals surface area contributed by atoms with Crippen molar-refractivity contribution in [2.24, 2.45) is 0 Å². The second-order valence-electron chi connectivity index (χ2n) is 9.17. The van der Waals surface area contributed by atoms with E-state index in [2.05, 4.69) is 0 Å². The van der Waals surface area contributed by atoms with Gasteiger partial charge in [-0.05, 0) is 0 Å². The van der Waals surface area contributed by atoms with Crippen molar-refractivity contribution >= 4 is 23.9 Å². The minimum atomic E-state index is -0.917. The van der Waals surface area contributed by atoms with Crippen LogP contribution >= 0.6 is 0 Å². The molecule has 0 spiro atoms. The van der Waals surface area contributed by atoms with E-state index in [9.17, 15) is 29.4 Å². The number of carboxylic acid groups (broad SMARTS) is 4. The summed E-state index contributed by atoms with van der Waals surface area (Å²) in [5.41, 5.74) is 0. The summed E-state index contributed by atoms with van der Waals surface area (Å²) in [5.74, 6) is -3.62. The Hall–Kier alpha value is -2.36. The van der Waals surface area contributed by atoms with Crippen molar-refractivity contribution < 1.29 is 49.1 Å². The van der Waals surface area contributed by atoms with Crippen molar-refractivity contribution in [1.82, 2.24) is 19.6 Å². The topological polar surface area (TPSA) is 181 Å². The maximum Gasteiger partial charge on any atom is 0.304 e. The first-order valence-electron chi connectivity index (χ1n) is 13.1. The van der Waals surface area contributed by atoms with Crippen LogP contribution in [0.15, 0.2) is 0 Å². The predicted molar refractivity (Wildman–Crippen MR) is 136 cm³/mol. The quantitative estimate of drug-likeness (QED) is 0.236. The van der Waals surface area contributed by atoms with Crippen LogP contribution in [0.3, 0.4) is 0 Å². The van der Waals surface area contributed by atoms with Crippen LogP contribution < -0.4 is 0 Å². The molecule has 220 valence electrons.